The maximum absolute atomic E-state index is 12.4. The van der Waals surface area contributed by atoms with Crippen LogP contribution in [0.4, 0.5) is 10.5 Å². The Labute approximate surface area is 151 Å². The number of hydrogen-bond acceptors (Lipinski definition) is 4. The fourth-order valence-electron chi connectivity index (χ4n) is 2.21. The molecular formula is C17H29N3O4S. The molecule has 142 valence electrons. The minimum atomic E-state index is -3.52. The van der Waals surface area contributed by atoms with E-state index in [1.165, 1.54) is 11.4 Å². The van der Waals surface area contributed by atoms with Gasteiger partial charge in [-0.3, -0.25) is 4.31 Å². The normalized spacial score (nSPS) is 11.3. The summed E-state index contributed by atoms with van der Waals surface area (Å²) in [6.45, 7) is 8.84. The van der Waals surface area contributed by atoms with E-state index in [1.54, 1.807) is 29.2 Å². The topological polar surface area (TPSA) is 79.0 Å². The van der Waals surface area contributed by atoms with Crippen molar-refractivity contribution in [2.45, 2.75) is 33.8 Å². The molecule has 0 saturated carbocycles. The van der Waals surface area contributed by atoms with E-state index in [1.807, 2.05) is 27.7 Å². The highest BCUT2D eigenvalue weighted by molar-refractivity contribution is 7.92. The number of nitrogens with one attached hydrogen (secondary N) is 1. The van der Waals surface area contributed by atoms with Gasteiger partial charge in [-0.2, -0.15) is 0 Å². The molecule has 0 aromatic heterocycles. The Balaban J connectivity index is 2.64. The van der Waals surface area contributed by atoms with Crippen LogP contribution < -0.4 is 14.4 Å². The van der Waals surface area contributed by atoms with Crippen LogP contribution in [0.25, 0.3) is 0 Å². The van der Waals surface area contributed by atoms with Crippen LogP contribution in [0.15, 0.2) is 24.3 Å². The van der Waals surface area contributed by atoms with Crippen molar-refractivity contribution in [1.82, 2.24) is 10.2 Å². The molecule has 25 heavy (non-hydrogen) atoms. The Bertz CT molecular complexity index is 640. The summed E-state index contributed by atoms with van der Waals surface area (Å²) in [6.07, 6.45) is 0.0572. The first-order valence-electron chi connectivity index (χ1n) is 8.47. The van der Waals surface area contributed by atoms with Gasteiger partial charge < -0.3 is 15.0 Å². The van der Waals surface area contributed by atoms with Gasteiger partial charge in [0.1, 0.15) is 5.75 Å². The largest absolute Gasteiger partial charge is 0.491 e. The van der Waals surface area contributed by atoms with E-state index < -0.39 is 10.0 Å². The highest BCUT2D eigenvalue weighted by Crippen LogP contribution is 2.21. The van der Waals surface area contributed by atoms with Crippen LogP contribution in [0.5, 0.6) is 5.75 Å². The molecule has 0 aliphatic carbocycles. The molecular weight excluding hydrogens is 342 g/mol. The van der Waals surface area contributed by atoms with Gasteiger partial charge in [0.2, 0.25) is 10.0 Å². The Morgan fingerprint density at radius 3 is 2.20 bits per heavy atom. The molecule has 0 saturated heterocycles. The third kappa shape index (κ3) is 6.45. The maximum Gasteiger partial charge on any atom is 0.317 e. The molecule has 0 bridgehead atoms. The number of hydrogen-bond donors (Lipinski definition) is 1. The van der Waals surface area contributed by atoms with Gasteiger partial charge in [0.05, 0.1) is 17.5 Å². The predicted molar refractivity (Wildman–Crippen MR) is 101 cm³/mol. The first-order valence-corrected chi connectivity index (χ1v) is 10.1. The van der Waals surface area contributed by atoms with E-state index in [-0.39, 0.29) is 24.4 Å². The number of rotatable bonds is 9. The minimum absolute atomic E-state index is 0.0572. The summed E-state index contributed by atoms with van der Waals surface area (Å²) < 4.78 is 31.6. The number of amides is 2. The van der Waals surface area contributed by atoms with E-state index in [9.17, 15) is 13.2 Å². The lowest BCUT2D eigenvalue weighted by atomic mass is 10.3. The lowest BCUT2D eigenvalue weighted by Gasteiger charge is -2.22. The molecule has 1 aromatic carbocycles. The van der Waals surface area contributed by atoms with Crippen LogP contribution in [0.3, 0.4) is 0 Å². The molecule has 7 nitrogen and oxygen atoms in total. The average Bonchev–Trinajstić information content (AvgIpc) is 2.55. The minimum Gasteiger partial charge on any atom is -0.491 e. The molecule has 0 aliphatic rings. The summed E-state index contributed by atoms with van der Waals surface area (Å²) in [5, 5.41) is 2.64. The molecule has 0 aliphatic heterocycles. The van der Waals surface area contributed by atoms with Crippen LogP contribution in [-0.4, -0.2) is 57.9 Å². The molecule has 8 heteroatoms. The first kappa shape index (κ1) is 21.1. The standard InChI is InChI=1S/C17H29N3O4S/c1-6-20(7-2)17(21)18-12-13-25(22,23)19(5)15-8-10-16(11-9-15)24-14(3)4/h8-11,14H,6-7,12-13H2,1-5H3,(H,18,21). The molecule has 2 amide bonds. The van der Waals surface area contributed by atoms with Crippen molar-refractivity contribution < 1.29 is 17.9 Å². The van der Waals surface area contributed by atoms with Crippen molar-refractivity contribution in [1.29, 1.82) is 0 Å². The van der Waals surface area contributed by atoms with Gasteiger partial charge >= 0.3 is 6.03 Å². The van der Waals surface area contributed by atoms with E-state index in [2.05, 4.69) is 5.32 Å². The summed E-state index contributed by atoms with van der Waals surface area (Å²) in [5.41, 5.74) is 0.547. The molecule has 0 atom stereocenters. The molecule has 0 spiro atoms. The molecule has 0 heterocycles. The van der Waals surface area contributed by atoms with Gasteiger partial charge in [0, 0.05) is 26.7 Å². The summed E-state index contributed by atoms with van der Waals surface area (Å²) in [7, 11) is -2.02. The smallest absolute Gasteiger partial charge is 0.317 e. The SMILES string of the molecule is CCN(CC)C(=O)NCCS(=O)(=O)N(C)c1ccc(OC(C)C)cc1. The third-order valence-electron chi connectivity index (χ3n) is 3.68. The lowest BCUT2D eigenvalue weighted by molar-refractivity contribution is 0.204. The van der Waals surface area contributed by atoms with Crippen molar-refractivity contribution in [2.24, 2.45) is 0 Å². The van der Waals surface area contributed by atoms with Crippen LogP contribution in [0.2, 0.25) is 0 Å². The zero-order valence-electron chi connectivity index (χ0n) is 15.7. The molecule has 1 rings (SSSR count). The number of anilines is 1. The second-order valence-electron chi connectivity index (χ2n) is 5.85. The average molecular weight is 372 g/mol. The van der Waals surface area contributed by atoms with Crippen molar-refractivity contribution in [2.75, 3.05) is 36.7 Å². The summed E-state index contributed by atoms with van der Waals surface area (Å²) in [4.78, 5) is 13.4. The van der Waals surface area contributed by atoms with Crippen molar-refractivity contribution in [3.8, 4) is 5.75 Å². The molecule has 0 unspecified atom stereocenters. The van der Waals surface area contributed by atoms with Crippen LogP contribution in [0.1, 0.15) is 27.7 Å². The Morgan fingerprint density at radius 2 is 1.72 bits per heavy atom. The van der Waals surface area contributed by atoms with E-state index in [0.29, 0.717) is 24.5 Å². The van der Waals surface area contributed by atoms with Gasteiger partial charge in [0.25, 0.3) is 0 Å². The number of urea groups is 1. The zero-order chi connectivity index (χ0) is 19.0. The fraction of sp³-hybridized carbons (Fsp3) is 0.588. The Kier molecular flexibility index (Phi) is 8.02. The van der Waals surface area contributed by atoms with E-state index in [4.69, 9.17) is 4.74 Å². The van der Waals surface area contributed by atoms with Crippen LogP contribution in [0, 0.1) is 0 Å². The second kappa shape index (κ2) is 9.50. The van der Waals surface area contributed by atoms with Gasteiger partial charge in [-0.05, 0) is 52.0 Å². The fourth-order valence-corrected chi connectivity index (χ4v) is 3.29. The highest BCUT2D eigenvalue weighted by Gasteiger charge is 2.19. The lowest BCUT2D eigenvalue weighted by Crippen LogP contribution is -2.42. The van der Waals surface area contributed by atoms with Crippen molar-refractivity contribution in [3.05, 3.63) is 24.3 Å². The molecule has 0 fully saturated rings. The van der Waals surface area contributed by atoms with Gasteiger partial charge in [-0.15, -0.1) is 0 Å². The van der Waals surface area contributed by atoms with Gasteiger partial charge in [-0.1, -0.05) is 0 Å². The Hall–Kier alpha value is -1.96. The number of carbonyl (C=O) groups is 1. The first-order chi connectivity index (χ1) is 11.7. The number of sulfonamides is 1. The summed E-state index contributed by atoms with van der Waals surface area (Å²) in [6, 6.07) is 6.62. The number of carbonyl (C=O) groups excluding carboxylic acids is 1. The van der Waals surface area contributed by atoms with Crippen molar-refractivity contribution >= 4 is 21.7 Å². The molecule has 1 N–H and O–H groups in total. The van der Waals surface area contributed by atoms with Crippen molar-refractivity contribution in [3.63, 3.8) is 0 Å². The monoisotopic (exact) mass is 371 g/mol. The zero-order valence-corrected chi connectivity index (χ0v) is 16.5. The number of benzene rings is 1. The van der Waals surface area contributed by atoms with E-state index in [0.717, 1.165) is 0 Å². The van der Waals surface area contributed by atoms with E-state index >= 15 is 0 Å². The van der Waals surface area contributed by atoms with Crippen LogP contribution in [-0.2, 0) is 10.0 Å². The predicted octanol–water partition coefficient (Wildman–Crippen LogP) is 2.29. The van der Waals surface area contributed by atoms with Crippen LogP contribution >= 0.6 is 0 Å². The number of ether oxygens (including phenoxy) is 1. The molecule has 1 aromatic rings. The molecule has 0 radical (unpaired) electrons. The van der Waals surface area contributed by atoms with Gasteiger partial charge in [0.15, 0.2) is 0 Å². The third-order valence-corrected chi connectivity index (χ3v) is 5.44. The highest BCUT2D eigenvalue weighted by atomic mass is 32.2. The summed E-state index contributed by atoms with van der Waals surface area (Å²) in [5.74, 6) is 0.525. The number of nitrogens with zero attached hydrogens (tertiary/aromatic N) is 2. The van der Waals surface area contributed by atoms with Gasteiger partial charge in [-0.25, -0.2) is 13.2 Å². The maximum atomic E-state index is 12.4. The Morgan fingerprint density at radius 1 is 1.16 bits per heavy atom. The quantitative estimate of drug-likeness (QED) is 0.722. The second-order valence-corrected chi connectivity index (χ2v) is 7.97. The summed E-state index contributed by atoms with van der Waals surface area (Å²) >= 11 is 0.